The molecular weight excluding hydrogens is 192 g/mol. The highest BCUT2D eigenvalue weighted by Gasteiger charge is 2.13. The highest BCUT2D eigenvalue weighted by Crippen LogP contribution is 2.14. The highest BCUT2D eigenvalue weighted by molar-refractivity contribution is 5.69. The van der Waals surface area contributed by atoms with Crippen molar-refractivity contribution in [1.82, 2.24) is 4.57 Å². The van der Waals surface area contributed by atoms with Gasteiger partial charge in [0.05, 0.1) is 13.0 Å². The number of hydrogen-bond acceptors (Lipinski definition) is 3. The molecule has 80 valence electrons. The molecule has 4 nitrogen and oxygen atoms in total. The van der Waals surface area contributed by atoms with E-state index >= 15 is 0 Å². The zero-order valence-corrected chi connectivity index (χ0v) is 8.93. The molecule has 0 aliphatic rings. The normalized spacial score (nSPS) is 11.8. The standard InChI is InChI=1S/C11H14N2O2/c1-3-15-11(14)7-9(2)13-6-4-5-10(13)8-12/h4-6,9H,3,7H2,1-2H3. The SMILES string of the molecule is CCOC(=O)CC(C)n1cccc1C#N. The van der Waals surface area contributed by atoms with Crippen LogP contribution in [0.2, 0.25) is 0 Å². The van der Waals surface area contributed by atoms with Gasteiger partial charge in [0.2, 0.25) is 0 Å². The summed E-state index contributed by atoms with van der Waals surface area (Å²) in [5, 5.41) is 8.81. The van der Waals surface area contributed by atoms with Crippen molar-refractivity contribution < 1.29 is 9.53 Å². The van der Waals surface area contributed by atoms with Gasteiger partial charge in [-0.3, -0.25) is 4.79 Å². The van der Waals surface area contributed by atoms with E-state index in [-0.39, 0.29) is 18.4 Å². The summed E-state index contributed by atoms with van der Waals surface area (Å²) in [6.45, 7) is 4.05. The van der Waals surface area contributed by atoms with Crippen LogP contribution in [0.15, 0.2) is 18.3 Å². The lowest BCUT2D eigenvalue weighted by Gasteiger charge is -2.13. The lowest BCUT2D eigenvalue weighted by atomic mass is 10.2. The molecule has 15 heavy (non-hydrogen) atoms. The van der Waals surface area contributed by atoms with Gasteiger partial charge < -0.3 is 9.30 Å². The average molecular weight is 206 g/mol. The minimum absolute atomic E-state index is 0.0475. The second kappa shape index (κ2) is 5.20. The minimum Gasteiger partial charge on any atom is -0.466 e. The van der Waals surface area contributed by atoms with E-state index in [0.29, 0.717) is 12.3 Å². The number of aromatic nitrogens is 1. The number of ether oxygens (including phenoxy) is 1. The van der Waals surface area contributed by atoms with Crippen molar-refractivity contribution in [2.24, 2.45) is 0 Å². The molecule has 0 N–H and O–H groups in total. The summed E-state index contributed by atoms with van der Waals surface area (Å²) in [5.74, 6) is -0.234. The summed E-state index contributed by atoms with van der Waals surface area (Å²) in [7, 11) is 0. The van der Waals surface area contributed by atoms with Crippen LogP contribution in [0.3, 0.4) is 0 Å². The molecule has 1 atom stereocenters. The summed E-state index contributed by atoms with van der Waals surface area (Å²) in [5.41, 5.74) is 0.562. The van der Waals surface area contributed by atoms with Gasteiger partial charge in [0.25, 0.3) is 0 Å². The summed E-state index contributed by atoms with van der Waals surface area (Å²) in [6, 6.07) is 5.54. The van der Waals surface area contributed by atoms with E-state index in [9.17, 15) is 4.79 Å². The van der Waals surface area contributed by atoms with E-state index in [1.807, 2.05) is 6.92 Å². The van der Waals surface area contributed by atoms with Crippen molar-refractivity contribution in [3.05, 3.63) is 24.0 Å². The molecule has 1 aromatic rings. The minimum atomic E-state index is -0.234. The Balaban J connectivity index is 2.65. The van der Waals surface area contributed by atoms with E-state index in [0.717, 1.165) is 0 Å². The molecule has 4 heteroatoms. The monoisotopic (exact) mass is 206 g/mol. The van der Waals surface area contributed by atoms with Gasteiger partial charge in [-0.25, -0.2) is 0 Å². The van der Waals surface area contributed by atoms with Gasteiger partial charge in [0.1, 0.15) is 11.8 Å². The van der Waals surface area contributed by atoms with Crippen LogP contribution in [0.1, 0.15) is 32.0 Å². The lowest BCUT2D eigenvalue weighted by Crippen LogP contribution is -2.13. The summed E-state index contributed by atoms with van der Waals surface area (Å²) < 4.78 is 6.62. The molecule has 0 fully saturated rings. The van der Waals surface area contributed by atoms with Gasteiger partial charge in [0, 0.05) is 12.2 Å². The molecule has 1 heterocycles. The Hall–Kier alpha value is -1.76. The third kappa shape index (κ3) is 2.84. The molecule has 0 aliphatic heterocycles. The zero-order valence-electron chi connectivity index (χ0n) is 8.93. The van der Waals surface area contributed by atoms with Gasteiger partial charge >= 0.3 is 5.97 Å². The summed E-state index contributed by atoms with van der Waals surface area (Å²) in [6.07, 6.45) is 2.08. The number of carbonyl (C=O) groups excluding carboxylic acids is 1. The molecule has 0 aliphatic carbocycles. The van der Waals surface area contributed by atoms with Crippen molar-refractivity contribution in [2.45, 2.75) is 26.3 Å². The maximum absolute atomic E-state index is 11.2. The molecule has 0 bridgehead atoms. The van der Waals surface area contributed by atoms with Crippen LogP contribution in [0, 0.1) is 11.3 Å². The van der Waals surface area contributed by atoms with Crippen molar-refractivity contribution in [3.63, 3.8) is 0 Å². The topological polar surface area (TPSA) is 55.0 Å². The number of nitriles is 1. The average Bonchev–Trinajstić information content (AvgIpc) is 2.65. The van der Waals surface area contributed by atoms with Crippen LogP contribution in [0.4, 0.5) is 0 Å². The number of nitrogens with zero attached hydrogens (tertiary/aromatic N) is 2. The highest BCUT2D eigenvalue weighted by atomic mass is 16.5. The second-order valence-corrected chi connectivity index (χ2v) is 3.27. The third-order valence-corrected chi connectivity index (χ3v) is 2.14. The molecule has 1 rings (SSSR count). The predicted molar refractivity (Wildman–Crippen MR) is 55.1 cm³/mol. The Morgan fingerprint density at radius 3 is 3.07 bits per heavy atom. The second-order valence-electron chi connectivity index (χ2n) is 3.27. The van der Waals surface area contributed by atoms with Crippen LogP contribution >= 0.6 is 0 Å². The fourth-order valence-corrected chi connectivity index (χ4v) is 1.43. The van der Waals surface area contributed by atoms with Crippen molar-refractivity contribution >= 4 is 5.97 Å². The van der Waals surface area contributed by atoms with Gasteiger partial charge in [-0.1, -0.05) is 0 Å². The Morgan fingerprint density at radius 1 is 1.73 bits per heavy atom. The molecule has 0 saturated carbocycles. The molecule has 0 saturated heterocycles. The van der Waals surface area contributed by atoms with Crippen molar-refractivity contribution in [3.8, 4) is 6.07 Å². The van der Waals surface area contributed by atoms with E-state index in [4.69, 9.17) is 10.00 Å². The Bertz CT molecular complexity index is 376. The number of esters is 1. The maximum atomic E-state index is 11.2. The number of rotatable bonds is 4. The fraction of sp³-hybridized carbons (Fsp3) is 0.455. The Kier molecular flexibility index (Phi) is 3.92. The first-order valence-electron chi connectivity index (χ1n) is 4.91. The van der Waals surface area contributed by atoms with Crippen LogP contribution < -0.4 is 0 Å². The van der Waals surface area contributed by atoms with Crippen LogP contribution in [-0.2, 0) is 9.53 Å². The van der Waals surface area contributed by atoms with Crippen LogP contribution in [0.25, 0.3) is 0 Å². The van der Waals surface area contributed by atoms with E-state index in [2.05, 4.69) is 6.07 Å². The lowest BCUT2D eigenvalue weighted by molar-refractivity contribution is -0.143. The first kappa shape index (κ1) is 11.3. The summed E-state index contributed by atoms with van der Waals surface area (Å²) >= 11 is 0. The largest absolute Gasteiger partial charge is 0.466 e. The number of hydrogen-bond donors (Lipinski definition) is 0. The van der Waals surface area contributed by atoms with E-state index in [1.165, 1.54) is 0 Å². The van der Waals surface area contributed by atoms with Crippen molar-refractivity contribution in [2.75, 3.05) is 6.61 Å². The Morgan fingerprint density at radius 2 is 2.47 bits per heavy atom. The molecular formula is C11H14N2O2. The zero-order chi connectivity index (χ0) is 11.3. The molecule has 0 aromatic carbocycles. The quantitative estimate of drug-likeness (QED) is 0.707. The predicted octanol–water partition coefficient (Wildman–Crippen LogP) is 1.87. The van der Waals surface area contributed by atoms with E-state index < -0.39 is 0 Å². The molecule has 0 amide bonds. The van der Waals surface area contributed by atoms with Crippen LogP contribution in [-0.4, -0.2) is 17.1 Å². The Labute approximate surface area is 89.1 Å². The van der Waals surface area contributed by atoms with Gasteiger partial charge in [-0.05, 0) is 26.0 Å². The maximum Gasteiger partial charge on any atom is 0.307 e. The van der Waals surface area contributed by atoms with Crippen LogP contribution in [0.5, 0.6) is 0 Å². The third-order valence-electron chi connectivity index (χ3n) is 2.14. The van der Waals surface area contributed by atoms with Crippen molar-refractivity contribution in [1.29, 1.82) is 5.26 Å². The van der Waals surface area contributed by atoms with Gasteiger partial charge in [-0.2, -0.15) is 5.26 Å². The molecule has 1 unspecified atom stereocenters. The van der Waals surface area contributed by atoms with Gasteiger partial charge in [-0.15, -0.1) is 0 Å². The first-order chi connectivity index (χ1) is 7.19. The first-order valence-corrected chi connectivity index (χ1v) is 4.91. The summed E-state index contributed by atoms with van der Waals surface area (Å²) in [4.78, 5) is 11.2. The molecule has 1 aromatic heterocycles. The van der Waals surface area contributed by atoms with Gasteiger partial charge in [0.15, 0.2) is 0 Å². The molecule has 0 spiro atoms. The smallest absolute Gasteiger partial charge is 0.307 e. The molecule has 0 radical (unpaired) electrons. The van der Waals surface area contributed by atoms with E-state index in [1.54, 1.807) is 29.8 Å². The number of carbonyl (C=O) groups is 1. The fourth-order valence-electron chi connectivity index (χ4n) is 1.43.